The molecule has 2 rings (SSSR count). The molecule has 0 fully saturated rings. The number of nitrogens with zero attached hydrogens (tertiary/aromatic N) is 2. The zero-order chi connectivity index (χ0) is 11.1. The zero-order valence-corrected chi connectivity index (χ0v) is 10.2. The van der Waals surface area contributed by atoms with Crippen molar-refractivity contribution in [3.8, 4) is 0 Å². The van der Waals surface area contributed by atoms with Gasteiger partial charge in [-0.15, -0.1) is 0 Å². The summed E-state index contributed by atoms with van der Waals surface area (Å²) in [6.07, 6.45) is 3.70. The van der Waals surface area contributed by atoms with Crippen molar-refractivity contribution in [3.05, 3.63) is 11.3 Å². The molecule has 3 heteroatoms. The van der Waals surface area contributed by atoms with E-state index in [1.165, 1.54) is 36.3 Å². The SMILES string of the molecule is Cn1nc(C(C)(C)C)c2c1NCCCC2. The van der Waals surface area contributed by atoms with Gasteiger partial charge in [0.05, 0.1) is 5.69 Å². The van der Waals surface area contributed by atoms with Gasteiger partial charge in [0, 0.05) is 24.6 Å². The molecule has 84 valence electrons. The second kappa shape index (κ2) is 3.54. The highest BCUT2D eigenvalue weighted by Crippen LogP contribution is 2.32. The van der Waals surface area contributed by atoms with Crippen LogP contribution in [0.3, 0.4) is 0 Å². The molecule has 1 aromatic rings. The van der Waals surface area contributed by atoms with E-state index < -0.39 is 0 Å². The molecule has 0 spiro atoms. The predicted octanol–water partition coefficient (Wildman–Crippen LogP) is 2.47. The molecular formula is C12H21N3. The topological polar surface area (TPSA) is 29.9 Å². The van der Waals surface area contributed by atoms with Crippen molar-refractivity contribution in [1.82, 2.24) is 9.78 Å². The van der Waals surface area contributed by atoms with Crippen molar-refractivity contribution in [2.75, 3.05) is 11.9 Å². The van der Waals surface area contributed by atoms with Gasteiger partial charge in [-0.3, -0.25) is 4.68 Å². The molecule has 0 amide bonds. The molecule has 0 radical (unpaired) electrons. The van der Waals surface area contributed by atoms with E-state index in [0.717, 1.165) is 6.54 Å². The number of nitrogens with one attached hydrogen (secondary N) is 1. The fourth-order valence-corrected chi connectivity index (χ4v) is 2.26. The summed E-state index contributed by atoms with van der Waals surface area (Å²) >= 11 is 0. The molecule has 0 saturated heterocycles. The summed E-state index contributed by atoms with van der Waals surface area (Å²) in [5.74, 6) is 1.23. The van der Waals surface area contributed by atoms with Gasteiger partial charge < -0.3 is 5.32 Å². The molecule has 0 aromatic carbocycles. The average molecular weight is 207 g/mol. The Morgan fingerprint density at radius 3 is 2.67 bits per heavy atom. The number of rotatable bonds is 0. The molecule has 0 saturated carbocycles. The highest BCUT2D eigenvalue weighted by Gasteiger charge is 2.26. The van der Waals surface area contributed by atoms with Crippen molar-refractivity contribution in [1.29, 1.82) is 0 Å². The van der Waals surface area contributed by atoms with Crippen molar-refractivity contribution < 1.29 is 0 Å². The van der Waals surface area contributed by atoms with Gasteiger partial charge in [0.15, 0.2) is 0 Å². The number of anilines is 1. The summed E-state index contributed by atoms with van der Waals surface area (Å²) in [5.41, 5.74) is 2.84. The van der Waals surface area contributed by atoms with Crippen LogP contribution in [0, 0.1) is 0 Å². The smallest absolute Gasteiger partial charge is 0.127 e. The van der Waals surface area contributed by atoms with Gasteiger partial charge in [-0.05, 0) is 19.3 Å². The first kappa shape index (κ1) is 10.5. The van der Waals surface area contributed by atoms with E-state index in [9.17, 15) is 0 Å². The lowest BCUT2D eigenvalue weighted by Crippen LogP contribution is -2.14. The molecule has 15 heavy (non-hydrogen) atoms. The van der Waals surface area contributed by atoms with E-state index in [1.54, 1.807) is 0 Å². The number of hydrogen-bond acceptors (Lipinski definition) is 2. The van der Waals surface area contributed by atoms with Crippen LogP contribution in [0.15, 0.2) is 0 Å². The van der Waals surface area contributed by atoms with E-state index in [2.05, 4.69) is 31.2 Å². The first-order valence-electron chi connectivity index (χ1n) is 5.80. The predicted molar refractivity (Wildman–Crippen MR) is 63.3 cm³/mol. The number of fused-ring (bicyclic) bond motifs is 1. The maximum atomic E-state index is 4.66. The molecule has 0 aliphatic carbocycles. The zero-order valence-electron chi connectivity index (χ0n) is 10.2. The van der Waals surface area contributed by atoms with E-state index in [0.29, 0.717) is 0 Å². The fourth-order valence-electron chi connectivity index (χ4n) is 2.26. The van der Waals surface area contributed by atoms with E-state index >= 15 is 0 Å². The van der Waals surface area contributed by atoms with Crippen LogP contribution >= 0.6 is 0 Å². The Kier molecular flexibility index (Phi) is 2.49. The molecular weight excluding hydrogens is 186 g/mol. The Hall–Kier alpha value is -0.990. The first-order chi connectivity index (χ1) is 7.00. The highest BCUT2D eigenvalue weighted by atomic mass is 15.3. The Morgan fingerprint density at radius 1 is 1.27 bits per heavy atom. The Morgan fingerprint density at radius 2 is 2.00 bits per heavy atom. The minimum atomic E-state index is 0.150. The molecule has 1 aliphatic rings. The van der Waals surface area contributed by atoms with Crippen molar-refractivity contribution >= 4 is 5.82 Å². The maximum Gasteiger partial charge on any atom is 0.127 e. The average Bonchev–Trinajstić information content (AvgIpc) is 2.37. The van der Waals surface area contributed by atoms with Crippen LogP contribution in [0.1, 0.15) is 44.9 Å². The van der Waals surface area contributed by atoms with Crippen molar-refractivity contribution in [3.63, 3.8) is 0 Å². The van der Waals surface area contributed by atoms with E-state index in [4.69, 9.17) is 0 Å². The van der Waals surface area contributed by atoms with Gasteiger partial charge in [0.2, 0.25) is 0 Å². The van der Waals surface area contributed by atoms with Crippen molar-refractivity contribution in [2.24, 2.45) is 7.05 Å². The normalized spacial score (nSPS) is 16.8. The van der Waals surface area contributed by atoms with Crippen LogP contribution in [0.4, 0.5) is 5.82 Å². The summed E-state index contributed by atoms with van der Waals surface area (Å²) in [4.78, 5) is 0. The number of hydrogen-bond donors (Lipinski definition) is 1. The van der Waals surface area contributed by atoms with Crippen LogP contribution in [-0.2, 0) is 18.9 Å². The minimum Gasteiger partial charge on any atom is -0.370 e. The molecule has 1 aliphatic heterocycles. The highest BCUT2D eigenvalue weighted by molar-refractivity contribution is 5.50. The van der Waals surface area contributed by atoms with Gasteiger partial charge in [0.25, 0.3) is 0 Å². The molecule has 0 atom stereocenters. The molecule has 2 heterocycles. The van der Waals surface area contributed by atoms with Gasteiger partial charge in [0.1, 0.15) is 5.82 Å². The van der Waals surface area contributed by atoms with Crippen molar-refractivity contribution in [2.45, 2.75) is 45.4 Å². The standard InChI is InChI=1S/C12H21N3/c1-12(2,3)10-9-7-5-6-8-13-11(9)15(4)14-10/h13H,5-8H2,1-4H3. The second-order valence-corrected chi connectivity index (χ2v) is 5.43. The quantitative estimate of drug-likeness (QED) is 0.708. The lowest BCUT2D eigenvalue weighted by molar-refractivity contribution is 0.546. The lowest BCUT2D eigenvalue weighted by atomic mass is 9.88. The van der Waals surface area contributed by atoms with Crippen LogP contribution in [-0.4, -0.2) is 16.3 Å². The lowest BCUT2D eigenvalue weighted by Gasteiger charge is -2.17. The van der Waals surface area contributed by atoms with Gasteiger partial charge in [-0.25, -0.2) is 0 Å². The van der Waals surface area contributed by atoms with Crippen LogP contribution in [0.25, 0.3) is 0 Å². The monoisotopic (exact) mass is 207 g/mol. The molecule has 1 aromatic heterocycles. The minimum absolute atomic E-state index is 0.150. The molecule has 3 nitrogen and oxygen atoms in total. The summed E-state index contributed by atoms with van der Waals surface area (Å²) in [7, 11) is 2.03. The largest absolute Gasteiger partial charge is 0.370 e. The first-order valence-corrected chi connectivity index (χ1v) is 5.80. The maximum absolute atomic E-state index is 4.66. The van der Waals surface area contributed by atoms with Crippen LogP contribution < -0.4 is 5.32 Å². The summed E-state index contributed by atoms with van der Waals surface area (Å²) in [6, 6.07) is 0. The van der Waals surface area contributed by atoms with E-state index in [1.807, 2.05) is 11.7 Å². The van der Waals surface area contributed by atoms with Crippen LogP contribution in [0.2, 0.25) is 0 Å². The Balaban J connectivity index is 2.49. The Labute approximate surface area is 91.9 Å². The third kappa shape index (κ3) is 1.87. The third-order valence-corrected chi connectivity index (χ3v) is 3.00. The number of aromatic nitrogens is 2. The van der Waals surface area contributed by atoms with Crippen LogP contribution in [0.5, 0.6) is 0 Å². The van der Waals surface area contributed by atoms with E-state index in [-0.39, 0.29) is 5.41 Å². The molecule has 0 unspecified atom stereocenters. The van der Waals surface area contributed by atoms with Gasteiger partial charge in [-0.1, -0.05) is 20.8 Å². The van der Waals surface area contributed by atoms with Gasteiger partial charge >= 0.3 is 0 Å². The molecule has 1 N–H and O–H groups in total. The third-order valence-electron chi connectivity index (χ3n) is 3.00. The Bertz CT molecular complexity index is 358. The summed E-state index contributed by atoms with van der Waals surface area (Å²) in [6.45, 7) is 7.79. The second-order valence-electron chi connectivity index (χ2n) is 5.43. The van der Waals surface area contributed by atoms with Gasteiger partial charge in [-0.2, -0.15) is 5.10 Å². The summed E-state index contributed by atoms with van der Waals surface area (Å²) < 4.78 is 2.00. The number of aryl methyl sites for hydroxylation is 1. The summed E-state index contributed by atoms with van der Waals surface area (Å²) in [5, 5.41) is 8.15. The molecule has 0 bridgehead atoms. The fraction of sp³-hybridized carbons (Fsp3) is 0.750.